The van der Waals surface area contributed by atoms with E-state index in [4.69, 9.17) is 4.52 Å². The van der Waals surface area contributed by atoms with Crippen molar-refractivity contribution >= 4 is 34.4 Å². The van der Waals surface area contributed by atoms with E-state index in [0.29, 0.717) is 22.6 Å². The molecular formula is C23H20N6O2S. The molecule has 0 aliphatic rings. The highest BCUT2D eigenvalue weighted by Gasteiger charge is 2.20. The van der Waals surface area contributed by atoms with Crippen LogP contribution >= 0.6 is 11.8 Å². The number of para-hydroxylation sites is 1. The third-order valence-corrected chi connectivity index (χ3v) is 5.88. The second-order valence-corrected chi connectivity index (χ2v) is 8.33. The number of benzene rings is 2. The van der Waals surface area contributed by atoms with E-state index in [1.807, 2.05) is 54.1 Å². The van der Waals surface area contributed by atoms with Crippen LogP contribution in [0.1, 0.15) is 11.3 Å². The minimum atomic E-state index is -0.198. The first-order valence-corrected chi connectivity index (χ1v) is 11.0. The first-order valence-electron chi connectivity index (χ1n) is 10.0. The number of carbonyl (C=O) groups excluding carboxylic acids is 1. The predicted molar refractivity (Wildman–Crippen MR) is 124 cm³/mol. The van der Waals surface area contributed by atoms with E-state index in [-0.39, 0.29) is 11.7 Å². The topological polar surface area (TPSA) is 102 Å². The summed E-state index contributed by atoms with van der Waals surface area (Å²) >= 11 is 1.31. The standard InChI is InChI=1S/C23H20N6O2S/c1-14-6-5-7-16(10-14)29-22(18-12-24-19-9-4-3-8-17(18)19)26-27-23(29)32-13-21(30)25-20-11-15(2)31-28-20/h3-12,24H,13H2,1-2H3,(H,25,28,30). The van der Waals surface area contributed by atoms with E-state index in [2.05, 4.69) is 37.8 Å². The van der Waals surface area contributed by atoms with E-state index < -0.39 is 0 Å². The number of nitrogens with zero attached hydrogens (tertiary/aromatic N) is 4. The maximum absolute atomic E-state index is 12.4. The number of aromatic amines is 1. The molecule has 0 bridgehead atoms. The Kier molecular flexibility index (Phi) is 5.24. The summed E-state index contributed by atoms with van der Waals surface area (Å²) in [6.45, 7) is 3.81. The van der Waals surface area contributed by atoms with Crippen molar-refractivity contribution in [1.29, 1.82) is 0 Å². The van der Waals surface area contributed by atoms with Gasteiger partial charge in [0.25, 0.3) is 0 Å². The Labute approximate surface area is 188 Å². The fourth-order valence-corrected chi connectivity index (χ4v) is 4.28. The number of amides is 1. The first-order chi connectivity index (χ1) is 15.6. The summed E-state index contributed by atoms with van der Waals surface area (Å²) in [6.07, 6.45) is 1.94. The van der Waals surface area contributed by atoms with E-state index in [1.165, 1.54) is 11.8 Å². The highest BCUT2D eigenvalue weighted by molar-refractivity contribution is 7.99. The summed E-state index contributed by atoms with van der Waals surface area (Å²) in [5, 5.41) is 17.1. The fraction of sp³-hybridized carbons (Fsp3) is 0.130. The Hall–Kier alpha value is -3.85. The molecule has 2 aromatic carbocycles. The maximum atomic E-state index is 12.4. The summed E-state index contributed by atoms with van der Waals surface area (Å²) in [7, 11) is 0. The molecule has 0 fully saturated rings. The van der Waals surface area contributed by atoms with Crippen LogP contribution < -0.4 is 5.32 Å². The third-order valence-electron chi connectivity index (χ3n) is 4.95. The van der Waals surface area contributed by atoms with Crippen molar-refractivity contribution in [2.75, 3.05) is 11.1 Å². The quantitative estimate of drug-likeness (QED) is 0.367. The molecule has 3 aromatic heterocycles. The van der Waals surface area contributed by atoms with Gasteiger partial charge in [-0.05, 0) is 37.6 Å². The van der Waals surface area contributed by atoms with Gasteiger partial charge in [-0.25, -0.2) is 0 Å². The molecule has 3 heterocycles. The van der Waals surface area contributed by atoms with E-state index in [1.54, 1.807) is 13.0 Å². The van der Waals surface area contributed by atoms with E-state index in [0.717, 1.165) is 27.7 Å². The molecular weight excluding hydrogens is 424 g/mol. The molecule has 0 saturated heterocycles. The van der Waals surface area contributed by atoms with Crippen LogP contribution in [0.15, 0.2) is 70.5 Å². The van der Waals surface area contributed by atoms with Crippen molar-refractivity contribution in [2.45, 2.75) is 19.0 Å². The second-order valence-electron chi connectivity index (χ2n) is 7.39. The lowest BCUT2D eigenvalue weighted by Gasteiger charge is -2.10. The zero-order valence-corrected chi connectivity index (χ0v) is 18.3. The van der Waals surface area contributed by atoms with Crippen LogP contribution in [0.2, 0.25) is 0 Å². The smallest absolute Gasteiger partial charge is 0.236 e. The number of aryl methyl sites for hydroxylation is 2. The lowest BCUT2D eigenvalue weighted by atomic mass is 10.1. The number of H-pyrrole nitrogens is 1. The number of aromatic nitrogens is 5. The number of rotatable bonds is 6. The van der Waals surface area contributed by atoms with Crippen LogP contribution in [0.3, 0.4) is 0 Å². The number of hydrogen-bond donors (Lipinski definition) is 2. The van der Waals surface area contributed by atoms with Crippen LogP contribution in [-0.4, -0.2) is 36.6 Å². The zero-order valence-electron chi connectivity index (χ0n) is 17.5. The van der Waals surface area contributed by atoms with Crippen LogP contribution in [0.4, 0.5) is 5.82 Å². The van der Waals surface area contributed by atoms with Gasteiger partial charge in [-0.3, -0.25) is 9.36 Å². The Morgan fingerprint density at radius 1 is 1.12 bits per heavy atom. The van der Waals surface area contributed by atoms with E-state index in [9.17, 15) is 4.79 Å². The third kappa shape index (κ3) is 3.90. The SMILES string of the molecule is Cc1cccc(-n2c(SCC(=O)Nc3cc(C)on3)nnc2-c2c[nH]c3ccccc23)c1. The Morgan fingerprint density at radius 2 is 2.00 bits per heavy atom. The fourth-order valence-electron chi connectivity index (χ4n) is 3.53. The van der Waals surface area contributed by atoms with Crippen LogP contribution in [-0.2, 0) is 4.79 Å². The van der Waals surface area contributed by atoms with Crippen molar-refractivity contribution in [1.82, 2.24) is 24.9 Å². The van der Waals surface area contributed by atoms with Gasteiger partial charge in [0.15, 0.2) is 16.8 Å². The first kappa shape index (κ1) is 20.1. The summed E-state index contributed by atoms with van der Waals surface area (Å²) < 4.78 is 6.98. The molecule has 0 atom stereocenters. The van der Waals surface area contributed by atoms with Gasteiger partial charge in [-0.2, -0.15) is 0 Å². The second kappa shape index (κ2) is 8.35. The largest absolute Gasteiger partial charge is 0.360 e. The molecule has 0 unspecified atom stereocenters. The highest BCUT2D eigenvalue weighted by Crippen LogP contribution is 2.32. The molecule has 2 N–H and O–H groups in total. The van der Waals surface area contributed by atoms with Crippen molar-refractivity contribution in [3.63, 3.8) is 0 Å². The number of thioether (sulfide) groups is 1. The average Bonchev–Trinajstić information content (AvgIpc) is 3.50. The minimum absolute atomic E-state index is 0.156. The van der Waals surface area contributed by atoms with E-state index >= 15 is 0 Å². The molecule has 8 nitrogen and oxygen atoms in total. The number of carbonyl (C=O) groups is 1. The van der Waals surface area contributed by atoms with Gasteiger partial charge in [0.2, 0.25) is 5.91 Å². The van der Waals surface area contributed by atoms with Crippen LogP contribution in [0.5, 0.6) is 0 Å². The summed E-state index contributed by atoms with van der Waals surface area (Å²) in [5.41, 5.74) is 4.03. The molecule has 0 aliphatic heterocycles. The number of fused-ring (bicyclic) bond motifs is 1. The molecule has 1 amide bonds. The maximum Gasteiger partial charge on any atom is 0.236 e. The summed E-state index contributed by atoms with van der Waals surface area (Å²) in [6, 6.07) is 17.9. The summed E-state index contributed by atoms with van der Waals surface area (Å²) in [4.78, 5) is 15.7. The number of nitrogens with one attached hydrogen (secondary N) is 2. The normalized spacial score (nSPS) is 11.2. The monoisotopic (exact) mass is 444 g/mol. The minimum Gasteiger partial charge on any atom is -0.360 e. The molecule has 0 saturated carbocycles. The van der Waals surface area contributed by atoms with Crippen LogP contribution in [0, 0.1) is 13.8 Å². The highest BCUT2D eigenvalue weighted by atomic mass is 32.2. The van der Waals surface area contributed by atoms with Gasteiger partial charge in [0.05, 0.1) is 5.75 Å². The van der Waals surface area contributed by atoms with Crippen molar-refractivity contribution in [3.8, 4) is 17.1 Å². The zero-order chi connectivity index (χ0) is 22.1. The predicted octanol–water partition coefficient (Wildman–Crippen LogP) is 4.75. The Balaban J connectivity index is 1.49. The Morgan fingerprint density at radius 3 is 2.81 bits per heavy atom. The molecule has 9 heteroatoms. The molecule has 0 radical (unpaired) electrons. The lowest BCUT2D eigenvalue weighted by Crippen LogP contribution is -2.14. The van der Waals surface area contributed by atoms with Crippen molar-refractivity contribution < 1.29 is 9.32 Å². The average molecular weight is 445 g/mol. The van der Waals surface area contributed by atoms with Crippen molar-refractivity contribution in [2.24, 2.45) is 0 Å². The van der Waals surface area contributed by atoms with Crippen LogP contribution in [0.25, 0.3) is 28.0 Å². The van der Waals surface area contributed by atoms with Gasteiger partial charge in [0.1, 0.15) is 5.76 Å². The van der Waals surface area contributed by atoms with Gasteiger partial charge in [0, 0.05) is 34.4 Å². The van der Waals surface area contributed by atoms with Gasteiger partial charge >= 0.3 is 0 Å². The molecule has 160 valence electrons. The van der Waals surface area contributed by atoms with Crippen molar-refractivity contribution in [3.05, 3.63) is 72.1 Å². The summed E-state index contributed by atoms with van der Waals surface area (Å²) in [5.74, 6) is 1.70. The molecule has 5 aromatic rings. The Bertz CT molecular complexity index is 1420. The molecule has 5 rings (SSSR count). The molecule has 0 aliphatic carbocycles. The lowest BCUT2D eigenvalue weighted by molar-refractivity contribution is -0.113. The van der Waals surface area contributed by atoms with Gasteiger partial charge in [-0.1, -0.05) is 47.3 Å². The van der Waals surface area contributed by atoms with Gasteiger partial charge in [-0.15, -0.1) is 10.2 Å². The number of hydrogen-bond acceptors (Lipinski definition) is 6. The number of anilines is 1. The molecule has 32 heavy (non-hydrogen) atoms. The molecule has 0 spiro atoms. The van der Waals surface area contributed by atoms with Gasteiger partial charge < -0.3 is 14.8 Å².